The molecule has 0 bridgehead atoms. The van der Waals surface area contributed by atoms with E-state index in [-0.39, 0.29) is 24.0 Å². The quantitative estimate of drug-likeness (QED) is 0.886. The number of pyridine rings is 1. The van der Waals surface area contributed by atoms with Gasteiger partial charge in [-0.3, -0.25) is 4.79 Å². The normalized spacial score (nSPS) is 11.4. The summed E-state index contributed by atoms with van der Waals surface area (Å²) >= 11 is 0. The first kappa shape index (κ1) is 14.8. The van der Waals surface area contributed by atoms with Crippen molar-refractivity contribution in [3.05, 3.63) is 35.6 Å². The number of hydrogen-bond donors (Lipinski definition) is 1. The van der Waals surface area contributed by atoms with Gasteiger partial charge in [0.2, 0.25) is 5.88 Å². The van der Waals surface area contributed by atoms with E-state index in [1.54, 1.807) is 0 Å². The molecule has 112 valence electrons. The lowest BCUT2D eigenvalue weighted by Gasteiger charge is -2.08. The number of hydrogen-bond acceptors (Lipinski definition) is 6. The van der Waals surface area contributed by atoms with Crippen LogP contribution in [-0.2, 0) is 6.42 Å². The van der Waals surface area contributed by atoms with Gasteiger partial charge in [0.1, 0.15) is 0 Å². The standard InChI is InChI=1S/C11H9F3N4O3/c12-11(13,14)5-20-8-2-1-6(4-16-8)3-7-17-10(9(15)19)21-18-7/h1-2,4H,3,5H2,(H2,15,19). The van der Waals surface area contributed by atoms with Gasteiger partial charge in [0.25, 0.3) is 0 Å². The van der Waals surface area contributed by atoms with Crippen LogP contribution in [0.4, 0.5) is 13.2 Å². The summed E-state index contributed by atoms with van der Waals surface area (Å²) in [6.45, 7) is -1.41. The predicted octanol–water partition coefficient (Wildman–Crippen LogP) is 1.10. The van der Waals surface area contributed by atoms with Crippen molar-refractivity contribution < 1.29 is 27.2 Å². The van der Waals surface area contributed by atoms with Crippen molar-refractivity contribution in [1.29, 1.82) is 0 Å². The number of aromatic nitrogens is 3. The van der Waals surface area contributed by atoms with Crippen molar-refractivity contribution in [3.63, 3.8) is 0 Å². The van der Waals surface area contributed by atoms with Gasteiger partial charge in [-0.2, -0.15) is 18.2 Å². The van der Waals surface area contributed by atoms with Crippen molar-refractivity contribution in [2.24, 2.45) is 5.73 Å². The third-order valence-electron chi connectivity index (χ3n) is 2.22. The van der Waals surface area contributed by atoms with Crippen LogP contribution >= 0.6 is 0 Å². The van der Waals surface area contributed by atoms with Crippen LogP contribution in [0.5, 0.6) is 5.88 Å². The molecule has 1 amide bonds. The molecule has 2 aromatic heterocycles. The third kappa shape index (κ3) is 4.44. The van der Waals surface area contributed by atoms with E-state index < -0.39 is 18.7 Å². The van der Waals surface area contributed by atoms with E-state index in [0.717, 1.165) is 0 Å². The molecule has 0 fully saturated rings. The van der Waals surface area contributed by atoms with E-state index in [9.17, 15) is 18.0 Å². The minimum Gasteiger partial charge on any atom is -0.468 e. The molecule has 0 saturated carbocycles. The lowest BCUT2D eigenvalue weighted by Crippen LogP contribution is -2.19. The molecule has 0 aliphatic heterocycles. The molecule has 7 nitrogen and oxygen atoms in total. The Hall–Kier alpha value is -2.65. The largest absolute Gasteiger partial charge is 0.468 e. The summed E-state index contributed by atoms with van der Waals surface area (Å²) in [6, 6.07) is 2.79. The molecule has 2 aromatic rings. The molecule has 10 heteroatoms. The van der Waals surface area contributed by atoms with Crippen LogP contribution in [0.1, 0.15) is 22.1 Å². The Morgan fingerprint density at radius 1 is 1.38 bits per heavy atom. The number of nitrogens with zero attached hydrogens (tertiary/aromatic N) is 3. The number of amides is 1. The molecule has 0 atom stereocenters. The molecule has 0 saturated heterocycles. The zero-order valence-electron chi connectivity index (χ0n) is 10.4. The summed E-state index contributed by atoms with van der Waals surface area (Å²) in [4.78, 5) is 18.2. The lowest BCUT2D eigenvalue weighted by atomic mass is 10.2. The maximum absolute atomic E-state index is 12.0. The number of nitrogens with two attached hydrogens (primary N) is 1. The average molecular weight is 302 g/mol. The Bertz CT molecular complexity index is 624. The summed E-state index contributed by atoms with van der Waals surface area (Å²) in [5, 5.41) is 3.53. The van der Waals surface area contributed by atoms with Crippen molar-refractivity contribution in [2.45, 2.75) is 12.6 Å². The first-order chi connectivity index (χ1) is 9.83. The molecule has 0 aromatic carbocycles. The van der Waals surface area contributed by atoms with Crippen molar-refractivity contribution in [1.82, 2.24) is 15.1 Å². The van der Waals surface area contributed by atoms with Gasteiger partial charge >= 0.3 is 18.0 Å². The molecule has 2 heterocycles. The second-order valence-corrected chi connectivity index (χ2v) is 3.97. The molecule has 0 aliphatic rings. The fraction of sp³-hybridized carbons (Fsp3) is 0.273. The van der Waals surface area contributed by atoms with Gasteiger partial charge in [-0.25, -0.2) is 4.98 Å². The summed E-state index contributed by atoms with van der Waals surface area (Å²) in [5.74, 6) is -1.11. The van der Waals surface area contributed by atoms with E-state index in [2.05, 4.69) is 24.4 Å². The number of carbonyl (C=O) groups excluding carboxylic acids is 1. The zero-order valence-corrected chi connectivity index (χ0v) is 10.4. The summed E-state index contributed by atoms with van der Waals surface area (Å²) in [7, 11) is 0. The van der Waals surface area contributed by atoms with Crippen molar-refractivity contribution in [3.8, 4) is 5.88 Å². The van der Waals surface area contributed by atoms with Gasteiger partial charge in [0, 0.05) is 18.7 Å². The Balaban J connectivity index is 1.97. The van der Waals surface area contributed by atoms with Gasteiger partial charge in [-0.1, -0.05) is 11.2 Å². The Morgan fingerprint density at radius 2 is 2.14 bits per heavy atom. The van der Waals surface area contributed by atoms with E-state index in [4.69, 9.17) is 5.73 Å². The van der Waals surface area contributed by atoms with E-state index in [0.29, 0.717) is 5.56 Å². The number of carbonyl (C=O) groups is 1. The summed E-state index contributed by atoms with van der Waals surface area (Å²) < 4.78 is 44.9. The van der Waals surface area contributed by atoms with Gasteiger partial charge in [0.15, 0.2) is 12.4 Å². The van der Waals surface area contributed by atoms with Gasteiger partial charge in [-0.15, -0.1) is 0 Å². The molecule has 2 rings (SSSR count). The highest BCUT2D eigenvalue weighted by Crippen LogP contribution is 2.17. The third-order valence-corrected chi connectivity index (χ3v) is 2.22. The van der Waals surface area contributed by atoms with Crippen molar-refractivity contribution >= 4 is 5.91 Å². The van der Waals surface area contributed by atoms with E-state index in [1.165, 1.54) is 18.3 Å². The maximum atomic E-state index is 12.0. The number of alkyl halides is 3. The second-order valence-electron chi connectivity index (χ2n) is 3.97. The summed E-state index contributed by atoms with van der Waals surface area (Å²) in [6.07, 6.45) is -2.93. The average Bonchev–Trinajstić information content (AvgIpc) is 2.86. The molecule has 0 unspecified atom stereocenters. The van der Waals surface area contributed by atoms with E-state index >= 15 is 0 Å². The fourth-order valence-corrected chi connectivity index (χ4v) is 1.37. The van der Waals surface area contributed by atoms with E-state index in [1.807, 2.05) is 0 Å². The molecular formula is C11H9F3N4O3. The lowest BCUT2D eigenvalue weighted by molar-refractivity contribution is -0.154. The minimum absolute atomic E-state index is 0.151. The monoisotopic (exact) mass is 302 g/mol. The highest BCUT2D eigenvalue weighted by atomic mass is 19.4. The molecule has 0 aliphatic carbocycles. The van der Waals surface area contributed by atoms with Gasteiger partial charge in [0.05, 0.1) is 0 Å². The number of rotatable bonds is 5. The highest BCUT2D eigenvalue weighted by Gasteiger charge is 2.28. The minimum atomic E-state index is -4.42. The zero-order chi connectivity index (χ0) is 15.5. The van der Waals surface area contributed by atoms with Crippen molar-refractivity contribution in [2.75, 3.05) is 6.61 Å². The molecule has 2 N–H and O–H groups in total. The van der Waals surface area contributed by atoms with Gasteiger partial charge in [-0.05, 0) is 5.56 Å². The van der Waals surface area contributed by atoms with Crippen LogP contribution in [0.15, 0.2) is 22.9 Å². The maximum Gasteiger partial charge on any atom is 0.422 e. The van der Waals surface area contributed by atoms with Crippen LogP contribution in [0.2, 0.25) is 0 Å². The molecular weight excluding hydrogens is 293 g/mol. The summed E-state index contributed by atoms with van der Waals surface area (Å²) in [5.41, 5.74) is 5.56. The highest BCUT2D eigenvalue weighted by molar-refractivity contribution is 5.87. The number of halogens is 3. The second kappa shape index (κ2) is 5.77. The first-order valence-corrected chi connectivity index (χ1v) is 5.60. The predicted molar refractivity (Wildman–Crippen MR) is 61.4 cm³/mol. The van der Waals surface area contributed by atoms with Gasteiger partial charge < -0.3 is 15.0 Å². The van der Waals surface area contributed by atoms with Crippen LogP contribution in [0, 0.1) is 0 Å². The molecule has 0 radical (unpaired) electrons. The topological polar surface area (TPSA) is 104 Å². The molecule has 0 spiro atoms. The molecule has 21 heavy (non-hydrogen) atoms. The van der Waals surface area contributed by atoms with Crippen LogP contribution in [0.3, 0.4) is 0 Å². The van der Waals surface area contributed by atoms with Crippen LogP contribution in [0.25, 0.3) is 0 Å². The SMILES string of the molecule is NC(=O)c1nc(Cc2ccc(OCC(F)(F)F)nc2)no1. The Morgan fingerprint density at radius 3 is 2.67 bits per heavy atom. The smallest absolute Gasteiger partial charge is 0.422 e. The Labute approximate surface area is 115 Å². The van der Waals surface area contributed by atoms with Crippen LogP contribution < -0.4 is 10.5 Å². The van der Waals surface area contributed by atoms with Crippen LogP contribution in [-0.4, -0.2) is 33.8 Å². The first-order valence-electron chi connectivity index (χ1n) is 5.60. The number of primary amides is 1. The Kier molecular flexibility index (Phi) is 4.05. The fourth-order valence-electron chi connectivity index (χ4n) is 1.37. The number of ether oxygens (including phenoxy) is 1.